The van der Waals surface area contributed by atoms with Crippen LogP contribution in [0.2, 0.25) is 0 Å². The molecule has 5 nitrogen and oxygen atoms in total. The molecule has 0 radical (unpaired) electrons. The highest BCUT2D eigenvalue weighted by atomic mass is 16.4. The fourth-order valence-corrected chi connectivity index (χ4v) is 2.34. The molecule has 0 saturated carbocycles. The topological polar surface area (TPSA) is 59.2 Å². The highest BCUT2D eigenvalue weighted by Gasteiger charge is 2.14. The number of hydrogen-bond acceptors (Lipinski definition) is 4. The number of amides is 1. The summed E-state index contributed by atoms with van der Waals surface area (Å²) >= 11 is 0. The maximum Gasteiger partial charge on any atom is 0.247 e. The Bertz CT molecular complexity index is 810. The quantitative estimate of drug-likeness (QED) is 0.720. The van der Waals surface area contributed by atoms with E-state index in [0.29, 0.717) is 24.6 Å². The van der Waals surface area contributed by atoms with E-state index in [2.05, 4.69) is 10.2 Å². The monoisotopic (exact) mass is 321 g/mol. The number of carbonyl (C=O) groups is 1. The SMILES string of the molecule is Cc1ccc(-c2nnc(CCC(=O)N(C)c3ccccc3)o2)cc1. The zero-order chi connectivity index (χ0) is 16.9. The normalized spacial score (nSPS) is 10.6. The zero-order valence-corrected chi connectivity index (χ0v) is 13.8. The van der Waals surface area contributed by atoms with Crippen molar-refractivity contribution in [2.75, 3.05) is 11.9 Å². The molecule has 0 unspecified atom stereocenters. The molecule has 3 rings (SSSR count). The lowest BCUT2D eigenvalue weighted by molar-refractivity contribution is -0.118. The molecule has 0 fully saturated rings. The number of anilines is 1. The number of benzene rings is 2. The van der Waals surface area contributed by atoms with E-state index >= 15 is 0 Å². The number of rotatable bonds is 5. The van der Waals surface area contributed by atoms with Crippen LogP contribution in [0.4, 0.5) is 5.69 Å². The molecule has 1 amide bonds. The van der Waals surface area contributed by atoms with Crippen LogP contribution in [0, 0.1) is 6.92 Å². The van der Waals surface area contributed by atoms with E-state index in [-0.39, 0.29) is 5.91 Å². The van der Waals surface area contributed by atoms with Gasteiger partial charge in [0.25, 0.3) is 0 Å². The average Bonchev–Trinajstić information content (AvgIpc) is 3.09. The molecular weight excluding hydrogens is 302 g/mol. The number of aromatic nitrogens is 2. The largest absolute Gasteiger partial charge is 0.421 e. The Labute approximate surface area is 140 Å². The van der Waals surface area contributed by atoms with Crippen LogP contribution in [0.1, 0.15) is 17.9 Å². The van der Waals surface area contributed by atoms with Crippen molar-refractivity contribution in [2.45, 2.75) is 19.8 Å². The van der Waals surface area contributed by atoms with E-state index < -0.39 is 0 Å². The molecule has 0 bridgehead atoms. The van der Waals surface area contributed by atoms with Gasteiger partial charge in [-0.2, -0.15) is 0 Å². The van der Waals surface area contributed by atoms with Crippen molar-refractivity contribution >= 4 is 11.6 Å². The fourth-order valence-electron chi connectivity index (χ4n) is 2.34. The van der Waals surface area contributed by atoms with Crippen LogP contribution in [0.15, 0.2) is 59.0 Å². The van der Waals surface area contributed by atoms with Gasteiger partial charge in [-0.1, -0.05) is 35.9 Å². The molecule has 122 valence electrons. The number of hydrogen-bond donors (Lipinski definition) is 0. The van der Waals surface area contributed by atoms with Crippen LogP contribution in [0.25, 0.3) is 11.5 Å². The van der Waals surface area contributed by atoms with Gasteiger partial charge in [0.1, 0.15) is 0 Å². The van der Waals surface area contributed by atoms with Crippen LogP contribution < -0.4 is 4.90 Å². The van der Waals surface area contributed by atoms with Crippen molar-refractivity contribution in [1.29, 1.82) is 0 Å². The summed E-state index contributed by atoms with van der Waals surface area (Å²) in [6.07, 6.45) is 0.746. The maximum absolute atomic E-state index is 12.3. The van der Waals surface area contributed by atoms with E-state index in [1.807, 2.05) is 61.5 Å². The molecule has 0 atom stereocenters. The molecule has 0 aliphatic heterocycles. The summed E-state index contributed by atoms with van der Waals surface area (Å²) in [5.74, 6) is 0.963. The summed E-state index contributed by atoms with van der Waals surface area (Å²) in [6.45, 7) is 2.03. The lowest BCUT2D eigenvalue weighted by atomic mass is 10.1. The second kappa shape index (κ2) is 7.08. The molecular formula is C19H19N3O2. The van der Waals surface area contributed by atoms with Crippen molar-refractivity contribution in [3.8, 4) is 11.5 Å². The van der Waals surface area contributed by atoms with E-state index in [0.717, 1.165) is 11.3 Å². The van der Waals surface area contributed by atoms with Gasteiger partial charge >= 0.3 is 0 Å². The zero-order valence-electron chi connectivity index (χ0n) is 13.8. The number of nitrogens with zero attached hydrogens (tertiary/aromatic N) is 3. The lowest BCUT2D eigenvalue weighted by Crippen LogP contribution is -2.26. The van der Waals surface area contributed by atoms with Crippen molar-refractivity contribution in [1.82, 2.24) is 10.2 Å². The van der Waals surface area contributed by atoms with Gasteiger partial charge in [0.05, 0.1) is 0 Å². The first-order valence-corrected chi connectivity index (χ1v) is 7.84. The average molecular weight is 321 g/mol. The summed E-state index contributed by atoms with van der Waals surface area (Å²) < 4.78 is 5.65. The Morgan fingerprint density at radius 1 is 1.04 bits per heavy atom. The Morgan fingerprint density at radius 2 is 1.75 bits per heavy atom. The van der Waals surface area contributed by atoms with Gasteiger partial charge in [0, 0.05) is 31.1 Å². The fraction of sp³-hybridized carbons (Fsp3) is 0.211. The van der Waals surface area contributed by atoms with Crippen molar-refractivity contribution in [3.05, 3.63) is 66.1 Å². The molecule has 0 aliphatic carbocycles. The van der Waals surface area contributed by atoms with Gasteiger partial charge in [-0.25, -0.2) is 0 Å². The Hall–Kier alpha value is -2.95. The van der Waals surface area contributed by atoms with E-state index in [1.165, 1.54) is 5.56 Å². The molecule has 0 spiro atoms. The van der Waals surface area contributed by atoms with E-state index in [9.17, 15) is 4.79 Å². The Morgan fingerprint density at radius 3 is 2.46 bits per heavy atom. The number of para-hydroxylation sites is 1. The van der Waals surface area contributed by atoms with Crippen molar-refractivity contribution in [2.24, 2.45) is 0 Å². The summed E-state index contributed by atoms with van der Waals surface area (Å²) in [4.78, 5) is 13.9. The third-order valence-corrected chi connectivity index (χ3v) is 3.84. The highest BCUT2D eigenvalue weighted by Crippen LogP contribution is 2.19. The highest BCUT2D eigenvalue weighted by molar-refractivity contribution is 5.92. The first kappa shape index (κ1) is 15.9. The molecule has 2 aromatic carbocycles. The van der Waals surface area contributed by atoms with Gasteiger partial charge in [-0.3, -0.25) is 4.79 Å². The smallest absolute Gasteiger partial charge is 0.247 e. The van der Waals surface area contributed by atoms with Crippen LogP contribution in [0.5, 0.6) is 0 Å². The van der Waals surface area contributed by atoms with Gasteiger partial charge in [-0.05, 0) is 31.2 Å². The van der Waals surface area contributed by atoms with E-state index in [4.69, 9.17) is 4.42 Å². The summed E-state index contributed by atoms with van der Waals surface area (Å²) in [7, 11) is 1.77. The molecule has 0 N–H and O–H groups in total. The summed E-state index contributed by atoms with van der Waals surface area (Å²) in [5.41, 5.74) is 2.92. The third-order valence-electron chi connectivity index (χ3n) is 3.84. The first-order chi connectivity index (χ1) is 11.6. The van der Waals surface area contributed by atoms with E-state index in [1.54, 1.807) is 11.9 Å². The van der Waals surface area contributed by atoms with Gasteiger partial charge in [-0.15, -0.1) is 10.2 Å². The van der Waals surface area contributed by atoms with Crippen LogP contribution in [-0.2, 0) is 11.2 Å². The minimum atomic E-state index is 0.0104. The predicted octanol–water partition coefficient (Wildman–Crippen LogP) is 3.64. The third kappa shape index (κ3) is 3.68. The van der Waals surface area contributed by atoms with Gasteiger partial charge in [0.15, 0.2) is 0 Å². The van der Waals surface area contributed by atoms with Crippen LogP contribution in [-0.4, -0.2) is 23.2 Å². The van der Waals surface area contributed by atoms with Crippen LogP contribution >= 0.6 is 0 Å². The molecule has 24 heavy (non-hydrogen) atoms. The Kier molecular flexibility index (Phi) is 4.70. The summed E-state index contributed by atoms with van der Waals surface area (Å²) in [6, 6.07) is 17.4. The maximum atomic E-state index is 12.3. The van der Waals surface area contributed by atoms with Gasteiger partial charge < -0.3 is 9.32 Å². The van der Waals surface area contributed by atoms with Crippen molar-refractivity contribution < 1.29 is 9.21 Å². The number of aryl methyl sites for hydroxylation is 2. The molecule has 1 aromatic heterocycles. The molecule has 3 aromatic rings. The predicted molar refractivity (Wildman–Crippen MR) is 92.6 cm³/mol. The molecule has 1 heterocycles. The van der Waals surface area contributed by atoms with Crippen LogP contribution in [0.3, 0.4) is 0 Å². The molecule has 0 aliphatic rings. The standard InChI is InChI=1S/C19H19N3O2/c1-14-8-10-15(11-9-14)19-21-20-17(24-19)12-13-18(23)22(2)16-6-4-3-5-7-16/h3-11H,12-13H2,1-2H3. The second-order valence-electron chi connectivity index (χ2n) is 5.66. The number of carbonyl (C=O) groups excluding carboxylic acids is 1. The molecule has 5 heteroatoms. The lowest BCUT2D eigenvalue weighted by Gasteiger charge is -2.16. The first-order valence-electron chi connectivity index (χ1n) is 7.84. The minimum Gasteiger partial charge on any atom is -0.421 e. The minimum absolute atomic E-state index is 0.0104. The Balaban J connectivity index is 1.61. The molecule has 0 saturated heterocycles. The second-order valence-corrected chi connectivity index (χ2v) is 5.66. The van der Waals surface area contributed by atoms with Gasteiger partial charge in [0.2, 0.25) is 17.7 Å². The van der Waals surface area contributed by atoms with Crippen molar-refractivity contribution in [3.63, 3.8) is 0 Å². The summed E-state index contributed by atoms with van der Waals surface area (Å²) in [5, 5.41) is 8.09.